The minimum atomic E-state index is -0.916. The highest BCUT2D eigenvalue weighted by atomic mass is 16.5. The van der Waals surface area contributed by atoms with Gasteiger partial charge in [-0.3, -0.25) is 4.79 Å². The smallest absolute Gasteiger partial charge is 0.320 e. The van der Waals surface area contributed by atoms with Crippen molar-refractivity contribution < 1.29 is 14.6 Å². The van der Waals surface area contributed by atoms with Gasteiger partial charge in [0.2, 0.25) is 0 Å². The molecule has 1 rings (SSSR count). The third kappa shape index (κ3) is 2.79. The Balaban J connectivity index is 2.24. The molecule has 0 amide bonds. The fourth-order valence-electron chi connectivity index (χ4n) is 1.45. The zero-order valence-corrected chi connectivity index (χ0v) is 7.03. The lowest BCUT2D eigenvalue weighted by molar-refractivity contribution is -0.139. The van der Waals surface area contributed by atoms with E-state index < -0.39 is 12.0 Å². The number of nitrogens with two attached hydrogens (primary N) is 1. The molecule has 0 aromatic heterocycles. The van der Waals surface area contributed by atoms with Crippen LogP contribution in [0.5, 0.6) is 0 Å². The Kier molecular flexibility index (Phi) is 3.49. The van der Waals surface area contributed by atoms with E-state index >= 15 is 0 Å². The monoisotopic (exact) mass is 173 g/mol. The molecule has 0 bridgehead atoms. The van der Waals surface area contributed by atoms with Crippen molar-refractivity contribution >= 4 is 5.97 Å². The first-order chi connectivity index (χ1) is 5.70. The van der Waals surface area contributed by atoms with Crippen molar-refractivity contribution in [1.29, 1.82) is 0 Å². The second-order valence-electron chi connectivity index (χ2n) is 3.26. The van der Waals surface area contributed by atoms with Crippen molar-refractivity contribution in [2.45, 2.75) is 25.3 Å². The van der Waals surface area contributed by atoms with E-state index in [-0.39, 0.29) is 0 Å². The van der Waals surface area contributed by atoms with Crippen molar-refractivity contribution in [3.8, 4) is 0 Å². The molecule has 0 saturated carbocycles. The largest absolute Gasteiger partial charge is 0.480 e. The Morgan fingerprint density at radius 1 is 1.75 bits per heavy atom. The van der Waals surface area contributed by atoms with E-state index in [4.69, 9.17) is 15.6 Å². The Morgan fingerprint density at radius 3 is 3.00 bits per heavy atom. The zero-order valence-electron chi connectivity index (χ0n) is 7.03. The molecule has 1 fully saturated rings. The number of rotatable bonds is 3. The normalized spacial score (nSPS) is 26.6. The number of hydrogen-bond donors (Lipinski definition) is 2. The van der Waals surface area contributed by atoms with E-state index in [0.29, 0.717) is 18.9 Å². The molecule has 0 aromatic carbocycles. The minimum absolute atomic E-state index is 0.338. The molecule has 1 saturated heterocycles. The van der Waals surface area contributed by atoms with Gasteiger partial charge in [0.15, 0.2) is 0 Å². The van der Waals surface area contributed by atoms with Gasteiger partial charge in [0, 0.05) is 13.2 Å². The van der Waals surface area contributed by atoms with Crippen molar-refractivity contribution in [2.75, 3.05) is 13.2 Å². The van der Waals surface area contributed by atoms with Crippen LogP contribution in [0.25, 0.3) is 0 Å². The highest BCUT2D eigenvalue weighted by Gasteiger charge is 2.20. The molecule has 4 heteroatoms. The maximum absolute atomic E-state index is 10.4. The van der Waals surface area contributed by atoms with Crippen LogP contribution in [-0.4, -0.2) is 30.3 Å². The van der Waals surface area contributed by atoms with Crippen LogP contribution in [0.2, 0.25) is 0 Å². The fraction of sp³-hybridized carbons (Fsp3) is 0.875. The number of carboxylic acids is 1. The van der Waals surface area contributed by atoms with Gasteiger partial charge in [-0.1, -0.05) is 0 Å². The first-order valence-electron chi connectivity index (χ1n) is 4.26. The number of ether oxygens (including phenoxy) is 1. The number of aliphatic carboxylic acids is 1. The predicted octanol–water partition coefficient (Wildman–Crippen LogP) is 0.215. The summed E-state index contributed by atoms with van der Waals surface area (Å²) in [6.45, 7) is 1.47. The number of carboxylic acid groups (broad SMARTS) is 1. The van der Waals surface area contributed by atoms with Crippen LogP contribution in [0.3, 0.4) is 0 Å². The van der Waals surface area contributed by atoms with E-state index in [1.54, 1.807) is 0 Å². The summed E-state index contributed by atoms with van der Waals surface area (Å²) >= 11 is 0. The summed E-state index contributed by atoms with van der Waals surface area (Å²) in [5.41, 5.74) is 5.39. The Morgan fingerprint density at radius 2 is 2.50 bits per heavy atom. The summed E-state index contributed by atoms with van der Waals surface area (Å²) in [7, 11) is 0. The molecule has 0 aromatic rings. The van der Waals surface area contributed by atoms with Crippen LogP contribution in [0.15, 0.2) is 0 Å². The molecule has 2 atom stereocenters. The molecule has 4 nitrogen and oxygen atoms in total. The van der Waals surface area contributed by atoms with Crippen LogP contribution in [0.4, 0.5) is 0 Å². The fourth-order valence-corrected chi connectivity index (χ4v) is 1.45. The Hall–Kier alpha value is -0.610. The van der Waals surface area contributed by atoms with Crippen molar-refractivity contribution in [3.63, 3.8) is 0 Å². The molecular weight excluding hydrogens is 158 g/mol. The lowest BCUT2D eigenvalue weighted by Gasteiger charge is -2.23. The van der Waals surface area contributed by atoms with Gasteiger partial charge in [-0.05, 0) is 25.2 Å². The molecule has 1 unspecified atom stereocenters. The Labute approximate surface area is 71.7 Å². The van der Waals surface area contributed by atoms with Crippen LogP contribution in [0, 0.1) is 5.92 Å². The van der Waals surface area contributed by atoms with Gasteiger partial charge in [0.1, 0.15) is 6.04 Å². The predicted molar refractivity (Wildman–Crippen MR) is 43.8 cm³/mol. The average Bonchev–Trinajstić information content (AvgIpc) is 2.06. The van der Waals surface area contributed by atoms with E-state index in [0.717, 1.165) is 19.4 Å². The standard InChI is InChI=1S/C8H15NO3/c9-7(8(10)11)4-6-2-1-3-12-5-6/h6-7H,1-5,9H2,(H,10,11)/t6?,7-/m0/s1. The second-order valence-corrected chi connectivity index (χ2v) is 3.26. The van der Waals surface area contributed by atoms with E-state index in [1.807, 2.05) is 0 Å². The van der Waals surface area contributed by atoms with Gasteiger partial charge in [0.25, 0.3) is 0 Å². The maximum atomic E-state index is 10.4. The molecule has 12 heavy (non-hydrogen) atoms. The molecular formula is C8H15NO3. The molecule has 1 heterocycles. The van der Waals surface area contributed by atoms with Crippen molar-refractivity contribution in [2.24, 2.45) is 11.7 Å². The summed E-state index contributed by atoms with van der Waals surface area (Å²) in [5.74, 6) is -0.578. The zero-order chi connectivity index (χ0) is 8.97. The number of carbonyl (C=O) groups is 1. The molecule has 1 aliphatic heterocycles. The summed E-state index contributed by atoms with van der Waals surface area (Å²) in [6, 6.07) is -0.725. The molecule has 3 N–H and O–H groups in total. The lowest BCUT2D eigenvalue weighted by atomic mass is 9.95. The van der Waals surface area contributed by atoms with E-state index in [2.05, 4.69) is 0 Å². The first kappa shape index (κ1) is 9.48. The highest BCUT2D eigenvalue weighted by Crippen LogP contribution is 2.17. The SMILES string of the molecule is N[C@@H](CC1CCCOC1)C(=O)O. The van der Waals surface area contributed by atoms with E-state index in [9.17, 15) is 4.79 Å². The Bertz CT molecular complexity index is 154. The van der Waals surface area contributed by atoms with Gasteiger partial charge >= 0.3 is 5.97 Å². The van der Waals surface area contributed by atoms with Gasteiger partial charge in [-0.15, -0.1) is 0 Å². The molecule has 0 radical (unpaired) electrons. The second kappa shape index (κ2) is 4.42. The summed E-state index contributed by atoms with van der Waals surface area (Å²) in [4.78, 5) is 10.4. The summed E-state index contributed by atoms with van der Waals surface area (Å²) < 4.78 is 5.21. The third-order valence-corrected chi connectivity index (χ3v) is 2.16. The first-order valence-corrected chi connectivity index (χ1v) is 4.26. The molecule has 1 aliphatic rings. The quantitative estimate of drug-likeness (QED) is 0.640. The van der Waals surface area contributed by atoms with Crippen LogP contribution < -0.4 is 5.73 Å². The molecule has 0 aliphatic carbocycles. The van der Waals surface area contributed by atoms with Gasteiger partial charge in [-0.25, -0.2) is 0 Å². The van der Waals surface area contributed by atoms with Gasteiger partial charge in [-0.2, -0.15) is 0 Å². The summed E-state index contributed by atoms with van der Waals surface area (Å²) in [6.07, 6.45) is 2.60. The maximum Gasteiger partial charge on any atom is 0.320 e. The van der Waals surface area contributed by atoms with Crippen LogP contribution >= 0.6 is 0 Å². The van der Waals surface area contributed by atoms with Crippen molar-refractivity contribution in [1.82, 2.24) is 0 Å². The minimum Gasteiger partial charge on any atom is -0.480 e. The topological polar surface area (TPSA) is 72.5 Å². The molecule has 70 valence electrons. The summed E-state index contributed by atoms with van der Waals surface area (Å²) in [5, 5.41) is 8.55. The highest BCUT2D eigenvalue weighted by molar-refractivity contribution is 5.73. The van der Waals surface area contributed by atoms with Crippen molar-refractivity contribution in [3.05, 3.63) is 0 Å². The average molecular weight is 173 g/mol. The van der Waals surface area contributed by atoms with Crippen LogP contribution in [0.1, 0.15) is 19.3 Å². The molecule has 0 spiro atoms. The lowest BCUT2D eigenvalue weighted by Crippen LogP contribution is -2.34. The van der Waals surface area contributed by atoms with Crippen LogP contribution in [-0.2, 0) is 9.53 Å². The third-order valence-electron chi connectivity index (χ3n) is 2.16. The number of hydrogen-bond acceptors (Lipinski definition) is 3. The van der Waals surface area contributed by atoms with Gasteiger partial charge < -0.3 is 15.6 Å². The van der Waals surface area contributed by atoms with Gasteiger partial charge in [0.05, 0.1) is 0 Å². The van der Waals surface area contributed by atoms with E-state index in [1.165, 1.54) is 0 Å².